The fourth-order valence-corrected chi connectivity index (χ4v) is 2.10. The third-order valence-corrected chi connectivity index (χ3v) is 3.00. The first-order chi connectivity index (χ1) is 8.88. The molecule has 2 nitrogen and oxygen atoms in total. The highest BCUT2D eigenvalue weighted by Crippen LogP contribution is 2.27. The lowest BCUT2D eigenvalue weighted by Gasteiger charge is -2.06. The number of nitrogens with zero attached hydrogens (tertiary/aromatic N) is 1. The van der Waals surface area contributed by atoms with Gasteiger partial charge >= 0.3 is 0 Å². The zero-order chi connectivity index (χ0) is 12.4. The van der Waals surface area contributed by atoms with Crippen molar-refractivity contribution in [2.24, 2.45) is 0 Å². The smallest absolute Gasteiger partial charge is 0.150 e. The molecule has 0 atom stereocenters. The molecule has 0 N–H and O–H groups in total. The van der Waals surface area contributed by atoms with E-state index in [0.29, 0.717) is 5.56 Å². The zero-order valence-corrected chi connectivity index (χ0v) is 9.71. The van der Waals surface area contributed by atoms with Crippen LogP contribution in [-0.4, -0.2) is 11.3 Å². The van der Waals surface area contributed by atoms with E-state index in [0.717, 1.165) is 28.3 Å². The molecule has 0 aliphatic carbocycles. The van der Waals surface area contributed by atoms with E-state index in [2.05, 4.69) is 17.1 Å². The van der Waals surface area contributed by atoms with Crippen LogP contribution in [-0.2, 0) is 0 Å². The molecule has 0 saturated heterocycles. The van der Waals surface area contributed by atoms with Crippen molar-refractivity contribution < 1.29 is 4.79 Å². The van der Waals surface area contributed by atoms with Crippen LogP contribution in [0, 0.1) is 0 Å². The summed E-state index contributed by atoms with van der Waals surface area (Å²) >= 11 is 0. The molecule has 3 aromatic rings. The maximum absolute atomic E-state index is 10.7. The summed E-state index contributed by atoms with van der Waals surface area (Å²) in [6, 6.07) is 17.7. The van der Waals surface area contributed by atoms with E-state index >= 15 is 0 Å². The van der Waals surface area contributed by atoms with Gasteiger partial charge in [-0.1, -0.05) is 42.5 Å². The third kappa shape index (κ3) is 1.78. The van der Waals surface area contributed by atoms with E-state index in [-0.39, 0.29) is 0 Å². The first kappa shape index (κ1) is 10.7. The van der Waals surface area contributed by atoms with Gasteiger partial charge in [-0.3, -0.25) is 9.78 Å². The highest BCUT2D eigenvalue weighted by Gasteiger charge is 2.03. The molecule has 2 aromatic carbocycles. The Morgan fingerprint density at radius 1 is 0.889 bits per heavy atom. The number of carbonyl (C=O) groups is 1. The Balaban J connectivity index is 2.21. The third-order valence-electron chi connectivity index (χ3n) is 3.00. The molecule has 0 aliphatic rings. The number of aromatic nitrogens is 1. The first-order valence-corrected chi connectivity index (χ1v) is 5.78. The lowest BCUT2D eigenvalue weighted by atomic mass is 10.00. The Morgan fingerprint density at radius 2 is 1.72 bits per heavy atom. The second kappa shape index (κ2) is 4.41. The molecule has 3 rings (SSSR count). The molecule has 0 fully saturated rings. The van der Waals surface area contributed by atoms with Crippen LogP contribution in [0.1, 0.15) is 10.4 Å². The van der Waals surface area contributed by atoms with E-state index in [4.69, 9.17) is 0 Å². The molecule has 18 heavy (non-hydrogen) atoms. The SMILES string of the molecule is O=Cc1ccc(-c2cccc3ncccc23)cc1. The molecular weight excluding hydrogens is 222 g/mol. The molecule has 0 unspecified atom stereocenters. The van der Waals surface area contributed by atoms with Crippen LogP contribution in [0.4, 0.5) is 0 Å². The highest BCUT2D eigenvalue weighted by atomic mass is 16.1. The van der Waals surface area contributed by atoms with Gasteiger partial charge in [0.15, 0.2) is 0 Å². The Morgan fingerprint density at radius 3 is 2.50 bits per heavy atom. The van der Waals surface area contributed by atoms with Crippen molar-refractivity contribution in [3.05, 3.63) is 66.4 Å². The minimum atomic E-state index is 0.692. The van der Waals surface area contributed by atoms with Gasteiger partial charge in [-0.25, -0.2) is 0 Å². The number of aldehydes is 1. The molecule has 86 valence electrons. The number of benzene rings is 2. The highest BCUT2D eigenvalue weighted by molar-refractivity contribution is 5.94. The predicted octanol–water partition coefficient (Wildman–Crippen LogP) is 3.71. The van der Waals surface area contributed by atoms with Gasteiger partial charge in [0, 0.05) is 17.1 Å². The fourth-order valence-electron chi connectivity index (χ4n) is 2.10. The molecule has 0 amide bonds. The van der Waals surface area contributed by atoms with Crippen molar-refractivity contribution in [1.29, 1.82) is 0 Å². The van der Waals surface area contributed by atoms with Crippen LogP contribution in [0.5, 0.6) is 0 Å². The van der Waals surface area contributed by atoms with Gasteiger partial charge in [0.25, 0.3) is 0 Å². The summed E-state index contributed by atoms with van der Waals surface area (Å²) in [5.41, 5.74) is 3.91. The Labute approximate surface area is 105 Å². The first-order valence-electron chi connectivity index (χ1n) is 5.78. The molecule has 0 bridgehead atoms. The van der Waals surface area contributed by atoms with Crippen LogP contribution >= 0.6 is 0 Å². The monoisotopic (exact) mass is 233 g/mol. The maximum atomic E-state index is 10.7. The summed E-state index contributed by atoms with van der Waals surface area (Å²) in [6.45, 7) is 0. The Hall–Kier alpha value is -2.48. The van der Waals surface area contributed by atoms with Crippen LogP contribution in [0.25, 0.3) is 22.0 Å². The average Bonchev–Trinajstić information content (AvgIpc) is 2.47. The minimum Gasteiger partial charge on any atom is -0.298 e. The lowest BCUT2D eigenvalue weighted by molar-refractivity contribution is 0.112. The van der Waals surface area contributed by atoms with Gasteiger partial charge in [-0.05, 0) is 23.3 Å². The van der Waals surface area contributed by atoms with Crippen molar-refractivity contribution in [3.8, 4) is 11.1 Å². The number of hydrogen-bond acceptors (Lipinski definition) is 2. The molecule has 0 spiro atoms. The van der Waals surface area contributed by atoms with Crippen molar-refractivity contribution in [1.82, 2.24) is 4.98 Å². The van der Waals surface area contributed by atoms with Gasteiger partial charge in [0.05, 0.1) is 5.52 Å². The van der Waals surface area contributed by atoms with Gasteiger partial charge in [0.2, 0.25) is 0 Å². The maximum Gasteiger partial charge on any atom is 0.150 e. The van der Waals surface area contributed by atoms with E-state index in [9.17, 15) is 4.79 Å². The van der Waals surface area contributed by atoms with Crippen LogP contribution < -0.4 is 0 Å². The van der Waals surface area contributed by atoms with Crippen molar-refractivity contribution in [3.63, 3.8) is 0 Å². The summed E-state index contributed by atoms with van der Waals surface area (Å²) in [5, 5.41) is 1.12. The van der Waals surface area contributed by atoms with Gasteiger partial charge in [-0.15, -0.1) is 0 Å². The van der Waals surface area contributed by atoms with E-state index in [1.54, 1.807) is 6.20 Å². The quantitative estimate of drug-likeness (QED) is 0.631. The number of fused-ring (bicyclic) bond motifs is 1. The largest absolute Gasteiger partial charge is 0.298 e. The molecule has 0 saturated carbocycles. The minimum absolute atomic E-state index is 0.692. The average molecular weight is 233 g/mol. The lowest BCUT2D eigenvalue weighted by Crippen LogP contribution is -1.84. The van der Waals surface area contributed by atoms with Gasteiger partial charge in [0.1, 0.15) is 6.29 Å². The Bertz CT molecular complexity index is 696. The standard InChI is InChI=1S/C16H11NO/c18-11-12-6-8-13(9-7-12)14-3-1-5-16-15(14)4-2-10-17-16/h1-11H. The summed E-state index contributed by atoms with van der Waals surface area (Å²) in [6.07, 6.45) is 2.65. The molecule has 1 heterocycles. The second-order valence-electron chi connectivity index (χ2n) is 4.12. The summed E-state index contributed by atoms with van der Waals surface area (Å²) in [4.78, 5) is 15.0. The summed E-state index contributed by atoms with van der Waals surface area (Å²) in [5.74, 6) is 0. The molecular formula is C16H11NO. The number of pyridine rings is 1. The molecule has 2 heteroatoms. The molecule has 0 aliphatic heterocycles. The van der Waals surface area contributed by atoms with Gasteiger partial charge in [-0.2, -0.15) is 0 Å². The van der Waals surface area contributed by atoms with E-state index in [1.165, 1.54) is 0 Å². The van der Waals surface area contributed by atoms with Crippen molar-refractivity contribution in [2.45, 2.75) is 0 Å². The van der Waals surface area contributed by atoms with E-state index < -0.39 is 0 Å². The molecule has 0 radical (unpaired) electrons. The topological polar surface area (TPSA) is 30.0 Å². The molecule has 1 aromatic heterocycles. The number of hydrogen-bond donors (Lipinski definition) is 0. The van der Waals surface area contributed by atoms with Crippen LogP contribution in [0.15, 0.2) is 60.8 Å². The summed E-state index contributed by atoms with van der Waals surface area (Å²) < 4.78 is 0. The second-order valence-corrected chi connectivity index (χ2v) is 4.12. The normalized spacial score (nSPS) is 10.4. The summed E-state index contributed by atoms with van der Waals surface area (Å²) in [7, 11) is 0. The predicted molar refractivity (Wildman–Crippen MR) is 72.6 cm³/mol. The fraction of sp³-hybridized carbons (Fsp3) is 0. The van der Waals surface area contributed by atoms with Crippen molar-refractivity contribution >= 4 is 17.2 Å². The number of rotatable bonds is 2. The Kier molecular flexibility index (Phi) is 2.61. The van der Waals surface area contributed by atoms with Crippen LogP contribution in [0.3, 0.4) is 0 Å². The van der Waals surface area contributed by atoms with Crippen LogP contribution in [0.2, 0.25) is 0 Å². The number of carbonyl (C=O) groups excluding carboxylic acids is 1. The van der Waals surface area contributed by atoms with E-state index in [1.807, 2.05) is 42.5 Å². The van der Waals surface area contributed by atoms with Crippen molar-refractivity contribution in [2.75, 3.05) is 0 Å². The van der Waals surface area contributed by atoms with Gasteiger partial charge < -0.3 is 0 Å². The zero-order valence-electron chi connectivity index (χ0n) is 9.71.